The number of pyridine rings is 1. The number of benzene rings is 1. The van der Waals surface area contributed by atoms with Crippen LogP contribution >= 0.6 is 23.2 Å². The van der Waals surface area contributed by atoms with Gasteiger partial charge in [-0.05, 0) is 29.8 Å². The van der Waals surface area contributed by atoms with E-state index in [1.54, 1.807) is 51.2 Å². The molecule has 2 amide bonds. The summed E-state index contributed by atoms with van der Waals surface area (Å²) >= 11 is 11.7. The maximum atomic E-state index is 12.5. The van der Waals surface area contributed by atoms with E-state index in [1.165, 1.54) is 6.07 Å². The second-order valence-electron chi connectivity index (χ2n) is 6.69. The molecule has 1 heterocycles. The van der Waals surface area contributed by atoms with Crippen molar-refractivity contribution in [3.8, 4) is 0 Å². The molecule has 1 aromatic carbocycles. The number of nitrogens with zero attached hydrogens (tertiary/aromatic N) is 1. The first kappa shape index (κ1) is 20.2. The van der Waals surface area contributed by atoms with E-state index in [4.69, 9.17) is 23.2 Å². The standard InChI is InChI=1S/C18H20Cl2N4O2/c1-18(2,3)17(26)23-14-6-5-12(19)8-13(14)16(25)24-22-10-11-4-7-15(20)21-9-11/h4-9,22H,10H2,1-3H3,(H,23,26)(H,24,25). The Morgan fingerprint density at radius 2 is 1.85 bits per heavy atom. The van der Waals surface area contributed by atoms with Crippen molar-refractivity contribution in [2.75, 3.05) is 5.32 Å². The number of hydrogen-bond donors (Lipinski definition) is 3. The van der Waals surface area contributed by atoms with Crippen molar-refractivity contribution in [1.29, 1.82) is 0 Å². The molecule has 6 nitrogen and oxygen atoms in total. The van der Waals surface area contributed by atoms with Gasteiger partial charge in [-0.1, -0.05) is 50.0 Å². The third-order valence-electron chi connectivity index (χ3n) is 3.44. The van der Waals surface area contributed by atoms with Gasteiger partial charge in [-0.15, -0.1) is 0 Å². The highest BCUT2D eigenvalue weighted by atomic mass is 35.5. The first-order valence-corrected chi connectivity index (χ1v) is 8.67. The average molecular weight is 395 g/mol. The van der Waals surface area contributed by atoms with Crippen LogP contribution in [0, 0.1) is 5.41 Å². The first-order valence-electron chi connectivity index (χ1n) is 7.91. The number of carbonyl (C=O) groups excluding carboxylic acids is 2. The predicted molar refractivity (Wildman–Crippen MR) is 103 cm³/mol. The van der Waals surface area contributed by atoms with Crippen LogP contribution in [-0.2, 0) is 11.3 Å². The quantitative estimate of drug-likeness (QED) is 0.531. The summed E-state index contributed by atoms with van der Waals surface area (Å²) < 4.78 is 0. The van der Waals surface area contributed by atoms with Gasteiger partial charge < -0.3 is 5.32 Å². The molecule has 0 fully saturated rings. The molecule has 26 heavy (non-hydrogen) atoms. The minimum absolute atomic E-state index is 0.200. The highest BCUT2D eigenvalue weighted by Gasteiger charge is 2.23. The largest absolute Gasteiger partial charge is 0.325 e. The van der Waals surface area contributed by atoms with Crippen molar-refractivity contribution in [3.05, 3.63) is 57.8 Å². The van der Waals surface area contributed by atoms with Crippen molar-refractivity contribution >= 4 is 40.7 Å². The maximum Gasteiger partial charge on any atom is 0.267 e. The highest BCUT2D eigenvalue weighted by Crippen LogP contribution is 2.23. The van der Waals surface area contributed by atoms with Crippen molar-refractivity contribution in [2.45, 2.75) is 27.3 Å². The van der Waals surface area contributed by atoms with Gasteiger partial charge in [0.1, 0.15) is 5.15 Å². The fourth-order valence-electron chi connectivity index (χ4n) is 1.93. The van der Waals surface area contributed by atoms with Gasteiger partial charge in [0.15, 0.2) is 0 Å². The monoisotopic (exact) mass is 394 g/mol. The van der Waals surface area contributed by atoms with Crippen LogP contribution in [0.15, 0.2) is 36.5 Å². The van der Waals surface area contributed by atoms with Gasteiger partial charge in [0.2, 0.25) is 5.91 Å². The average Bonchev–Trinajstić information content (AvgIpc) is 2.57. The molecule has 1 aromatic heterocycles. The molecule has 2 aromatic rings. The smallest absolute Gasteiger partial charge is 0.267 e. The Kier molecular flexibility index (Phi) is 6.58. The van der Waals surface area contributed by atoms with E-state index < -0.39 is 11.3 Å². The molecule has 0 bridgehead atoms. The number of amides is 2. The molecule has 0 saturated heterocycles. The Bertz CT molecular complexity index is 802. The molecular weight excluding hydrogens is 375 g/mol. The molecule has 0 aliphatic rings. The van der Waals surface area contributed by atoms with Gasteiger partial charge in [-0.3, -0.25) is 15.0 Å². The molecule has 0 unspecified atom stereocenters. The number of hydrogen-bond acceptors (Lipinski definition) is 4. The lowest BCUT2D eigenvalue weighted by atomic mass is 9.95. The Balaban J connectivity index is 2.06. The summed E-state index contributed by atoms with van der Waals surface area (Å²) in [5, 5.41) is 3.56. The Morgan fingerprint density at radius 3 is 2.46 bits per heavy atom. The summed E-state index contributed by atoms with van der Waals surface area (Å²) in [6.45, 7) is 5.74. The number of carbonyl (C=O) groups is 2. The van der Waals surface area contributed by atoms with E-state index in [0.29, 0.717) is 22.4 Å². The zero-order valence-electron chi connectivity index (χ0n) is 14.7. The number of halogens is 2. The SMILES string of the molecule is CC(C)(C)C(=O)Nc1ccc(Cl)cc1C(=O)NNCc1ccc(Cl)nc1. The van der Waals surface area contributed by atoms with E-state index in [-0.39, 0.29) is 11.5 Å². The minimum Gasteiger partial charge on any atom is -0.325 e. The molecule has 0 atom stereocenters. The lowest BCUT2D eigenvalue weighted by molar-refractivity contribution is -0.123. The summed E-state index contributed by atoms with van der Waals surface area (Å²) in [6, 6.07) is 8.18. The van der Waals surface area contributed by atoms with Gasteiger partial charge in [0.05, 0.1) is 11.3 Å². The summed E-state index contributed by atoms with van der Waals surface area (Å²) in [6.07, 6.45) is 1.61. The molecule has 2 rings (SSSR count). The lowest BCUT2D eigenvalue weighted by Gasteiger charge is -2.19. The fourth-order valence-corrected chi connectivity index (χ4v) is 2.21. The minimum atomic E-state index is -0.590. The normalized spacial score (nSPS) is 11.1. The first-order chi connectivity index (χ1) is 12.2. The third-order valence-corrected chi connectivity index (χ3v) is 3.90. The molecule has 8 heteroatoms. The van der Waals surface area contributed by atoms with Crippen LogP contribution < -0.4 is 16.2 Å². The number of nitrogens with one attached hydrogen (secondary N) is 3. The van der Waals surface area contributed by atoms with Crippen LogP contribution in [0.4, 0.5) is 5.69 Å². The lowest BCUT2D eigenvalue weighted by Crippen LogP contribution is -2.37. The molecule has 138 valence electrons. The second kappa shape index (κ2) is 8.49. The van der Waals surface area contributed by atoms with Crippen LogP contribution in [0.2, 0.25) is 10.2 Å². The fraction of sp³-hybridized carbons (Fsp3) is 0.278. The molecule has 0 aliphatic carbocycles. The summed E-state index contributed by atoms with van der Waals surface area (Å²) in [7, 11) is 0. The molecular formula is C18H20Cl2N4O2. The summed E-state index contributed by atoms with van der Waals surface area (Å²) in [5.41, 5.74) is 6.30. The topological polar surface area (TPSA) is 83.1 Å². The Labute approximate surface area is 162 Å². The predicted octanol–water partition coefficient (Wildman–Crippen LogP) is 3.81. The summed E-state index contributed by atoms with van der Waals surface area (Å²) in [5.74, 6) is -0.618. The van der Waals surface area contributed by atoms with E-state index in [9.17, 15) is 9.59 Å². The molecule has 0 saturated carbocycles. The van der Waals surface area contributed by atoms with Gasteiger partial charge >= 0.3 is 0 Å². The third kappa shape index (κ3) is 5.69. The molecule has 0 aliphatic heterocycles. The van der Waals surface area contributed by atoms with Gasteiger partial charge in [0.25, 0.3) is 5.91 Å². The zero-order valence-corrected chi connectivity index (χ0v) is 16.2. The van der Waals surface area contributed by atoms with Crippen LogP contribution in [0.25, 0.3) is 0 Å². The van der Waals surface area contributed by atoms with Crippen molar-refractivity contribution in [3.63, 3.8) is 0 Å². The van der Waals surface area contributed by atoms with Crippen LogP contribution in [0.3, 0.4) is 0 Å². The van der Waals surface area contributed by atoms with E-state index in [2.05, 4.69) is 21.2 Å². The van der Waals surface area contributed by atoms with E-state index in [1.807, 2.05) is 0 Å². The van der Waals surface area contributed by atoms with Crippen LogP contribution in [0.1, 0.15) is 36.7 Å². The molecule has 3 N–H and O–H groups in total. The van der Waals surface area contributed by atoms with Crippen molar-refractivity contribution in [2.24, 2.45) is 5.41 Å². The van der Waals surface area contributed by atoms with Crippen LogP contribution in [-0.4, -0.2) is 16.8 Å². The van der Waals surface area contributed by atoms with Gasteiger partial charge in [-0.25, -0.2) is 10.4 Å². The van der Waals surface area contributed by atoms with Crippen molar-refractivity contribution in [1.82, 2.24) is 15.8 Å². The Hall–Kier alpha value is -2.15. The zero-order chi connectivity index (χ0) is 19.3. The van der Waals surface area contributed by atoms with E-state index >= 15 is 0 Å². The second-order valence-corrected chi connectivity index (χ2v) is 7.51. The van der Waals surface area contributed by atoms with Crippen molar-refractivity contribution < 1.29 is 9.59 Å². The highest BCUT2D eigenvalue weighted by molar-refractivity contribution is 6.31. The molecule has 0 radical (unpaired) electrons. The number of hydrazine groups is 1. The summed E-state index contributed by atoms with van der Waals surface area (Å²) in [4.78, 5) is 28.6. The molecule has 0 spiro atoms. The van der Waals surface area contributed by atoms with Crippen LogP contribution in [0.5, 0.6) is 0 Å². The number of aromatic nitrogens is 1. The number of rotatable bonds is 5. The van der Waals surface area contributed by atoms with Gasteiger partial charge in [-0.2, -0.15) is 0 Å². The maximum absolute atomic E-state index is 12.5. The number of anilines is 1. The van der Waals surface area contributed by atoms with E-state index in [0.717, 1.165) is 5.56 Å². The van der Waals surface area contributed by atoms with Gasteiger partial charge in [0, 0.05) is 23.2 Å². The Morgan fingerprint density at radius 1 is 1.12 bits per heavy atom.